The third-order valence-electron chi connectivity index (χ3n) is 5.23. The fourth-order valence-corrected chi connectivity index (χ4v) is 4.82. The molecule has 2 aromatic rings. The molecule has 0 radical (unpaired) electrons. The molecular weight excluding hydrogens is 390 g/mol. The maximum atomic E-state index is 12.4. The average molecular weight is 416 g/mol. The number of anilines is 1. The van der Waals surface area contributed by atoms with Crippen LogP contribution >= 0.6 is 11.3 Å². The number of ether oxygens (including phenoxy) is 2. The number of esters is 2. The van der Waals surface area contributed by atoms with Crippen LogP contribution in [0.5, 0.6) is 0 Å². The molecule has 29 heavy (non-hydrogen) atoms. The van der Waals surface area contributed by atoms with Gasteiger partial charge in [-0.1, -0.05) is 13.0 Å². The quantitative estimate of drug-likeness (QED) is 0.745. The summed E-state index contributed by atoms with van der Waals surface area (Å²) in [4.78, 5) is 38.0. The molecular formula is C22H25NO5S. The lowest BCUT2D eigenvalue weighted by Gasteiger charge is -2.18. The molecule has 1 aliphatic carbocycles. The molecule has 6 nitrogen and oxygen atoms in total. The normalized spacial score (nSPS) is 15.4. The summed E-state index contributed by atoms with van der Waals surface area (Å²) in [6, 6.07) is 5.25. The second kappa shape index (κ2) is 8.78. The standard InChI is InChI=1S/C22H25NO5S/c1-12-5-8-16-17(9-12)29-20(19(16)22(26)27-4)23-18(24)11-28-21(25)15-7-6-13(2)14(3)10-15/h6-7,10,12H,5,8-9,11H2,1-4H3,(H,23,24)/t12-/m0/s1. The van der Waals surface area contributed by atoms with Crippen molar-refractivity contribution in [2.45, 2.75) is 40.0 Å². The second-order valence-corrected chi connectivity index (χ2v) is 8.58. The van der Waals surface area contributed by atoms with Gasteiger partial charge in [0.1, 0.15) is 5.00 Å². The maximum absolute atomic E-state index is 12.4. The van der Waals surface area contributed by atoms with E-state index in [2.05, 4.69) is 12.2 Å². The van der Waals surface area contributed by atoms with E-state index in [-0.39, 0.29) is 0 Å². The van der Waals surface area contributed by atoms with Crippen LogP contribution in [0.25, 0.3) is 0 Å². The lowest BCUT2D eigenvalue weighted by Crippen LogP contribution is -2.22. The highest BCUT2D eigenvalue weighted by atomic mass is 32.1. The van der Waals surface area contributed by atoms with Gasteiger partial charge in [-0.15, -0.1) is 11.3 Å². The number of benzene rings is 1. The largest absolute Gasteiger partial charge is 0.465 e. The Hall–Kier alpha value is -2.67. The number of thiophene rings is 1. The summed E-state index contributed by atoms with van der Waals surface area (Å²) in [5, 5.41) is 3.19. The zero-order valence-corrected chi connectivity index (χ0v) is 17.9. The van der Waals surface area contributed by atoms with Crippen molar-refractivity contribution in [3.8, 4) is 0 Å². The number of amides is 1. The number of rotatable bonds is 5. The van der Waals surface area contributed by atoms with Gasteiger partial charge in [0, 0.05) is 4.88 Å². The molecule has 1 atom stereocenters. The van der Waals surface area contributed by atoms with E-state index in [9.17, 15) is 14.4 Å². The molecule has 0 spiro atoms. The van der Waals surface area contributed by atoms with Crippen molar-refractivity contribution >= 4 is 34.2 Å². The van der Waals surface area contributed by atoms with Crippen LogP contribution in [0.15, 0.2) is 18.2 Å². The molecule has 1 aliphatic rings. The van der Waals surface area contributed by atoms with Crippen LogP contribution in [-0.4, -0.2) is 31.6 Å². The Bertz CT molecular complexity index is 962. The summed E-state index contributed by atoms with van der Waals surface area (Å²) in [7, 11) is 1.33. The van der Waals surface area contributed by atoms with Crippen LogP contribution in [0.4, 0.5) is 5.00 Å². The minimum Gasteiger partial charge on any atom is -0.465 e. The molecule has 0 unspecified atom stereocenters. The number of nitrogens with one attached hydrogen (secondary N) is 1. The molecule has 3 rings (SSSR count). The second-order valence-electron chi connectivity index (χ2n) is 7.47. The third kappa shape index (κ3) is 4.67. The van der Waals surface area contributed by atoms with Gasteiger partial charge in [-0.05, 0) is 67.9 Å². The molecule has 0 saturated heterocycles. The first kappa shape index (κ1) is 21.0. The first-order valence-corrected chi connectivity index (χ1v) is 10.4. The smallest absolute Gasteiger partial charge is 0.341 e. The summed E-state index contributed by atoms with van der Waals surface area (Å²) in [5.74, 6) is -0.969. The number of carbonyl (C=O) groups excluding carboxylic acids is 3. The number of hydrogen-bond donors (Lipinski definition) is 1. The Balaban J connectivity index is 1.69. The molecule has 0 fully saturated rings. The number of methoxy groups -OCH3 is 1. The van der Waals surface area contributed by atoms with E-state index >= 15 is 0 Å². The maximum Gasteiger partial charge on any atom is 0.341 e. The van der Waals surface area contributed by atoms with Crippen LogP contribution < -0.4 is 5.32 Å². The highest BCUT2D eigenvalue weighted by Crippen LogP contribution is 2.40. The Labute approximate surface area is 174 Å². The summed E-state index contributed by atoms with van der Waals surface area (Å²) in [6.45, 7) is 5.61. The molecule has 0 bridgehead atoms. The van der Waals surface area contributed by atoms with E-state index in [4.69, 9.17) is 9.47 Å². The Morgan fingerprint density at radius 2 is 1.93 bits per heavy atom. The number of hydrogen-bond acceptors (Lipinski definition) is 6. The van der Waals surface area contributed by atoms with Crippen molar-refractivity contribution in [1.29, 1.82) is 0 Å². The average Bonchev–Trinajstić information content (AvgIpc) is 3.04. The van der Waals surface area contributed by atoms with Gasteiger partial charge in [-0.3, -0.25) is 4.79 Å². The molecule has 0 saturated carbocycles. The van der Waals surface area contributed by atoms with Crippen LogP contribution in [0, 0.1) is 19.8 Å². The molecule has 1 amide bonds. The van der Waals surface area contributed by atoms with Crippen LogP contribution in [-0.2, 0) is 27.1 Å². The minimum absolute atomic E-state index is 0.400. The number of carbonyl (C=O) groups is 3. The summed E-state index contributed by atoms with van der Waals surface area (Å²) < 4.78 is 10.1. The van der Waals surface area contributed by atoms with Gasteiger partial charge < -0.3 is 14.8 Å². The van der Waals surface area contributed by atoms with Crippen molar-refractivity contribution in [2.75, 3.05) is 19.0 Å². The van der Waals surface area contributed by atoms with Crippen LogP contribution in [0.3, 0.4) is 0 Å². The van der Waals surface area contributed by atoms with Crippen molar-refractivity contribution < 1.29 is 23.9 Å². The monoisotopic (exact) mass is 415 g/mol. The lowest BCUT2D eigenvalue weighted by atomic mass is 9.88. The van der Waals surface area contributed by atoms with Gasteiger partial charge in [-0.2, -0.15) is 0 Å². The third-order valence-corrected chi connectivity index (χ3v) is 6.40. The van der Waals surface area contributed by atoms with E-state index in [1.54, 1.807) is 12.1 Å². The van der Waals surface area contributed by atoms with Gasteiger partial charge in [0.2, 0.25) is 0 Å². The summed E-state index contributed by atoms with van der Waals surface area (Å²) in [6.07, 6.45) is 2.66. The van der Waals surface area contributed by atoms with Crippen molar-refractivity contribution in [2.24, 2.45) is 5.92 Å². The minimum atomic E-state index is -0.559. The summed E-state index contributed by atoms with van der Waals surface area (Å²) in [5.41, 5.74) is 3.84. The molecule has 1 aromatic carbocycles. The molecule has 0 aliphatic heterocycles. The summed E-state index contributed by atoms with van der Waals surface area (Å²) >= 11 is 1.40. The Morgan fingerprint density at radius 1 is 1.17 bits per heavy atom. The van der Waals surface area contributed by atoms with Gasteiger partial charge in [-0.25, -0.2) is 9.59 Å². The van der Waals surface area contributed by atoms with Crippen molar-refractivity contribution in [1.82, 2.24) is 0 Å². The van der Waals surface area contributed by atoms with Gasteiger partial charge in [0.05, 0.1) is 18.2 Å². The molecule has 154 valence electrons. The van der Waals surface area contributed by atoms with Crippen molar-refractivity contribution in [3.63, 3.8) is 0 Å². The predicted octanol–water partition coefficient (Wildman–Crippen LogP) is 4.07. The van der Waals surface area contributed by atoms with Crippen LogP contribution in [0.2, 0.25) is 0 Å². The number of aryl methyl sites for hydroxylation is 2. The highest BCUT2D eigenvalue weighted by molar-refractivity contribution is 7.17. The van der Waals surface area contributed by atoms with Crippen molar-refractivity contribution in [3.05, 3.63) is 50.9 Å². The Morgan fingerprint density at radius 3 is 2.62 bits per heavy atom. The first-order valence-electron chi connectivity index (χ1n) is 9.57. The van der Waals surface area contributed by atoms with Gasteiger partial charge in [0.25, 0.3) is 5.91 Å². The molecule has 1 heterocycles. The fraction of sp³-hybridized carbons (Fsp3) is 0.409. The molecule has 1 aromatic heterocycles. The predicted molar refractivity (Wildman–Crippen MR) is 112 cm³/mol. The number of fused-ring (bicyclic) bond motifs is 1. The molecule has 7 heteroatoms. The van der Waals surface area contributed by atoms with Gasteiger partial charge in [0.15, 0.2) is 6.61 Å². The van der Waals surface area contributed by atoms with E-state index < -0.39 is 24.5 Å². The van der Waals surface area contributed by atoms with Crippen LogP contribution in [0.1, 0.15) is 55.6 Å². The highest BCUT2D eigenvalue weighted by Gasteiger charge is 2.29. The zero-order chi connectivity index (χ0) is 21.1. The SMILES string of the molecule is COC(=O)c1c(NC(=O)COC(=O)c2ccc(C)c(C)c2)sc2c1CC[C@H](C)C2. The lowest BCUT2D eigenvalue weighted by molar-refractivity contribution is -0.119. The van der Waals surface area contributed by atoms with E-state index in [1.165, 1.54) is 18.4 Å². The van der Waals surface area contributed by atoms with E-state index in [1.807, 2.05) is 19.9 Å². The van der Waals surface area contributed by atoms with Gasteiger partial charge >= 0.3 is 11.9 Å². The molecule has 1 N–H and O–H groups in total. The van der Waals surface area contributed by atoms with E-state index in [0.717, 1.165) is 40.8 Å². The topological polar surface area (TPSA) is 81.7 Å². The zero-order valence-electron chi connectivity index (χ0n) is 17.1. The first-order chi connectivity index (χ1) is 13.8. The van der Waals surface area contributed by atoms with E-state index in [0.29, 0.717) is 22.0 Å². The Kier molecular flexibility index (Phi) is 6.37. The fourth-order valence-electron chi connectivity index (χ4n) is 3.40.